The third-order valence-electron chi connectivity index (χ3n) is 4.59. The first-order valence-electron chi connectivity index (χ1n) is 6.28. The first-order valence-corrected chi connectivity index (χ1v) is 6.28. The van der Waals surface area contributed by atoms with Gasteiger partial charge >= 0.3 is 0 Å². The zero-order chi connectivity index (χ0) is 11.1. The van der Waals surface area contributed by atoms with Crippen LogP contribution in [0.5, 0.6) is 0 Å². The standard InChI is InChI=1S/C14H22O/c1-10(2)12-6-7-13(15)14(9-12)8-4-5-11(14)3/h10,12H,3-9H2,1-2H3/t12?,14-/m1/s1. The fraction of sp³-hybridized carbons (Fsp3) is 0.786. The van der Waals surface area contributed by atoms with Gasteiger partial charge in [0.05, 0.1) is 0 Å². The number of hydrogen-bond acceptors (Lipinski definition) is 1. The first-order chi connectivity index (χ1) is 7.06. The Morgan fingerprint density at radius 1 is 1.40 bits per heavy atom. The van der Waals surface area contributed by atoms with Gasteiger partial charge in [-0.1, -0.05) is 26.0 Å². The molecule has 1 heteroatoms. The van der Waals surface area contributed by atoms with Crippen LogP contribution in [-0.4, -0.2) is 5.78 Å². The van der Waals surface area contributed by atoms with E-state index in [1.54, 1.807) is 0 Å². The van der Waals surface area contributed by atoms with E-state index in [1.165, 1.54) is 12.0 Å². The number of carbonyl (C=O) groups is 1. The van der Waals surface area contributed by atoms with Gasteiger partial charge in [0, 0.05) is 11.8 Å². The van der Waals surface area contributed by atoms with Crippen molar-refractivity contribution in [2.45, 2.75) is 52.4 Å². The van der Waals surface area contributed by atoms with Crippen LogP contribution in [0.4, 0.5) is 0 Å². The number of allylic oxidation sites excluding steroid dienone is 1. The van der Waals surface area contributed by atoms with E-state index in [2.05, 4.69) is 20.4 Å². The Hall–Kier alpha value is -0.590. The molecule has 2 aliphatic rings. The molecule has 0 aromatic heterocycles. The average Bonchev–Trinajstić information content (AvgIpc) is 2.54. The van der Waals surface area contributed by atoms with Crippen molar-refractivity contribution in [2.24, 2.45) is 17.3 Å². The Labute approximate surface area is 92.9 Å². The fourth-order valence-electron chi connectivity index (χ4n) is 3.39. The highest BCUT2D eigenvalue weighted by Gasteiger charge is 2.47. The normalized spacial score (nSPS) is 36.9. The first kappa shape index (κ1) is 10.9. The zero-order valence-corrected chi connectivity index (χ0v) is 10.0. The van der Waals surface area contributed by atoms with Crippen molar-refractivity contribution in [1.82, 2.24) is 0 Å². The van der Waals surface area contributed by atoms with E-state index >= 15 is 0 Å². The minimum Gasteiger partial charge on any atom is -0.299 e. The van der Waals surface area contributed by atoms with Crippen LogP contribution in [0.3, 0.4) is 0 Å². The van der Waals surface area contributed by atoms with Crippen molar-refractivity contribution >= 4 is 5.78 Å². The number of hydrogen-bond donors (Lipinski definition) is 0. The van der Waals surface area contributed by atoms with Gasteiger partial charge in [-0.15, -0.1) is 0 Å². The summed E-state index contributed by atoms with van der Waals surface area (Å²) in [5.74, 6) is 1.93. The monoisotopic (exact) mass is 206 g/mol. The number of ketones is 1. The maximum Gasteiger partial charge on any atom is 0.143 e. The number of carbonyl (C=O) groups excluding carboxylic acids is 1. The average molecular weight is 206 g/mol. The van der Waals surface area contributed by atoms with Crippen LogP contribution in [0, 0.1) is 17.3 Å². The van der Waals surface area contributed by atoms with Crippen molar-refractivity contribution in [3.05, 3.63) is 12.2 Å². The van der Waals surface area contributed by atoms with Crippen LogP contribution in [0.2, 0.25) is 0 Å². The Kier molecular flexibility index (Phi) is 2.74. The minimum atomic E-state index is -0.0901. The van der Waals surface area contributed by atoms with Crippen molar-refractivity contribution in [2.75, 3.05) is 0 Å². The fourth-order valence-corrected chi connectivity index (χ4v) is 3.39. The van der Waals surface area contributed by atoms with Crippen molar-refractivity contribution in [3.63, 3.8) is 0 Å². The molecule has 2 rings (SSSR count). The molecule has 0 radical (unpaired) electrons. The van der Waals surface area contributed by atoms with Crippen molar-refractivity contribution < 1.29 is 4.79 Å². The second kappa shape index (κ2) is 3.77. The van der Waals surface area contributed by atoms with E-state index in [-0.39, 0.29) is 5.41 Å². The van der Waals surface area contributed by atoms with E-state index in [0.717, 1.165) is 38.0 Å². The second-order valence-electron chi connectivity index (χ2n) is 5.71. The molecule has 2 aliphatic carbocycles. The van der Waals surface area contributed by atoms with Crippen molar-refractivity contribution in [1.29, 1.82) is 0 Å². The molecule has 0 bridgehead atoms. The van der Waals surface area contributed by atoms with Crippen LogP contribution in [0.15, 0.2) is 12.2 Å². The van der Waals surface area contributed by atoms with Crippen molar-refractivity contribution in [3.8, 4) is 0 Å². The lowest BCUT2D eigenvalue weighted by Gasteiger charge is -2.39. The second-order valence-corrected chi connectivity index (χ2v) is 5.71. The molecule has 1 spiro atoms. The third kappa shape index (κ3) is 1.66. The van der Waals surface area contributed by atoms with Crippen LogP contribution >= 0.6 is 0 Å². The van der Waals surface area contributed by atoms with E-state index in [0.29, 0.717) is 11.7 Å². The van der Waals surface area contributed by atoms with E-state index in [1.807, 2.05) is 0 Å². The minimum absolute atomic E-state index is 0.0901. The predicted molar refractivity (Wildman–Crippen MR) is 62.6 cm³/mol. The summed E-state index contributed by atoms with van der Waals surface area (Å²) in [6.07, 6.45) is 6.32. The van der Waals surface area contributed by atoms with E-state index in [9.17, 15) is 4.79 Å². The highest BCUT2D eigenvalue weighted by molar-refractivity contribution is 5.89. The molecule has 2 saturated carbocycles. The summed E-state index contributed by atoms with van der Waals surface area (Å²) in [5.41, 5.74) is 1.14. The van der Waals surface area contributed by atoms with Gasteiger partial charge in [-0.2, -0.15) is 0 Å². The zero-order valence-electron chi connectivity index (χ0n) is 10.0. The lowest BCUT2D eigenvalue weighted by atomic mass is 9.64. The van der Waals surface area contributed by atoms with Crippen LogP contribution in [0.25, 0.3) is 0 Å². The third-order valence-corrected chi connectivity index (χ3v) is 4.59. The molecule has 0 aliphatic heterocycles. The smallest absolute Gasteiger partial charge is 0.143 e. The highest BCUT2D eigenvalue weighted by atomic mass is 16.1. The summed E-state index contributed by atoms with van der Waals surface area (Å²) < 4.78 is 0. The summed E-state index contributed by atoms with van der Waals surface area (Å²) in [7, 11) is 0. The van der Waals surface area contributed by atoms with Crippen LogP contribution < -0.4 is 0 Å². The molecule has 1 nitrogen and oxygen atoms in total. The molecule has 84 valence electrons. The topological polar surface area (TPSA) is 17.1 Å². The Morgan fingerprint density at radius 2 is 2.13 bits per heavy atom. The van der Waals surface area contributed by atoms with E-state index < -0.39 is 0 Å². The summed E-state index contributed by atoms with van der Waals surface area (Å²) >= 11 is 0. The Bertz CT molecular complexity index is 290. The molecule has 2 atom stereocenters. The summed E-state index contributed by atoms with van der Waals surface area (Å²) in [5, 5.41) is 0. The van der Waals surface area contributed by atoms with Gasteiger partial charge in [-0.25, -0.2) is 0 Å². The molecule has 0 heterocycles. The van der Waals surface area contributed by atoms with Gasteiger partial charge < -0.3 is 0 Å². The highest BCUT2D eigenvalue weighted by Crippen LogP contribution is 2.52. The summed E-state index contributed by atoms with van der Waals surface area (Å²) in [6, 6.07) is 0. The van der Waals surface area contributed by atoms with Gasteiger partial charge in [0.1, 0.15) is 5.78 Å². The van der Waals surface area contributed by atoms with Gasteiger partial charge in [-0.3, -0.25) is 4.79 Å². The maximum absolute atomic E-state index is 12.1. The number of rotatable bonds is 1. The predicted octanol–water partition coefficient (Wildman–Crippen LogP) is 3.74. The van der Waals surface area contributed by atoms with E-state index in [4.69, 9.17) is 0 Å². The molecular weight excluding hydrogens is 184 g/mol. The molecule has 0 saturated heterocycles. The summed E-state index contributed by atoms with van der Waals surface area (Å²) in [4.78, 5) is 12.1. The largest absolute Gasteiger partial charge is 0.299 e. The maximum atomic E-state index is 12.1. The van der Waals surface area contributed by atoms with Gasteiger partial charge in [0.25, 0.3) is 0 Å². The lowest BCUT2D eigenvalue weighted by molar-refractivity contribution is -0.130. The van der Waals surface area contributed by atoms with Crippen LogP contribution in [0.1, 0.15) is 52.4 Å². The Balaban J connectivity index is 2.22. The molecule has 0 aromatic carbocycles. The SMILES string of the molecule is C=C1CCC[C@@]12CC(C(C)C)CCC2=O. The molecule has 15 heavy (non-hydrogen) atoms. The van der Waals surface area contributed by atoms with Crippen LogP contribution in [-0.2, 0) is 4.79 Å². The molecule has 0 N–H and O–H groups in total. The quantitative estimate of drug-likeness (QED) is 0.597. The lowest BCUT2D eigenvalue weighted by Crippen LogP contribution is -2.37. The Morgan fingerprint density at radius 3 is 2.67 bits per heavy atom. The van der Waals surface area contributed by atoms with Gasteiger partial charge in [0.2, 0.25) is 0 Å². The van der Waals surface area contributed by atoms with Gasteiger partial charge in [0.15, 0.2) is 0 Å². The molecule has 0 amide bonds. The van der Waals surface area contributed by atoms with Gasteiger partial charge in [-0.05, 0) is 43.9 Å². The molecule has 2 fully saturated rings. The molecule has 1 unspecified atom stereocenters. The number of Topliss-reactive ketones (excluding diaryl/α,β-unsaturated/α-hetero) is 1. The molecular formula is C14H22O. The summed E-state index contributed by atoms with van der Waals surface area (Å²) in [6.45, 7) is 8.72. The molecule has 0 aromatic rings.